The van der Waals surface area contributed by atoms with Gasteiger partial charge in [0.2, 0.25) is 0 Å². The van der Waals surface area contributed by atoms with E-state index in [1.807, 2.05) is 38.1 Å². The van der Waals surface area contributed by atoms with Crippen molar-refractivity contribution in [2.75, 3.05) is 0 Å². The maximum atomic E-state index is 5.69. The van der Waals surface area contributed by atoms with E-state index in [1.165, 1.54) is 0 Å². The van der Waals surface area contributed by atoms with Gasteiger partial charge in [-0.3, -0.25) is 0 Å². The fourth-order valence-electron chi connectivity index (χ4n) is 1.62. The number of aromatic nitrogens is 2. The molecule has 4 heteroatoms. The zero-order valence-corrected chi connectivity index (χ0v) is 11.5. The lowest BCUT2D eigenvalue weighted by Crippen LogP contribution is -2.07. The minimum Gasteiger partial charge on any atom is -0.325 e. The van der Waals surface area contributed by atoms with Crippen LogP contribution in [0.25, 0.3) is 11.4 Å². The van der Waals surface area contributed by atoms with Crippen molar-refractivity contribution >= 4 is 15.9 Å². The zero-order valence-electron chi connectivity index (χ0n) is 9.87. The summed E-state index contributed by atoms with van der Waals surface area (Å²) in [6.07, 6.45) is 0. The molecule has 0 aliphatic carbocycles. The second-order valence-corrected chi connectivity index (χ2v) is 4.83. The van der Waals surface area contributed by atoms with E-state index in [0.717, 1.165) is 32.8 Å². The molecule has 1 heterocycles. The Morgan fingerprint density at radius 2 is 1.76 bits per heavy atom. The van der Waals surface area contributed by atoms with Gasteiger partial charge in [0, 0.05) is 22.3 Å². The number of halogens is 1. The second-order valence-electron chi connectivity index (χ2n) is 3.92. The van der Waals surface area contributed by atoms with Crippen molar-refractivity contribution in [3.05, 3.63) is 45.7 Å². The van der Waals surface area contributed by atoms with Crippen LogP contribution in [0.5, 0.6) is 0 Å². The smallest absolute Gasteiger partial charge is 0.159 e. The van der Waals surface area contributed by atoms with E-state index in [2.05, 4.69) is 25.9 Å². The molecule has 0 fully saturated rings. The Morgan fingerprint density at radius 3 is 2.35 bits per heavy atom. The highest BCUT2D eigenvalue weighted by atomic mass is 79.9. The number of nitrogens with zero attached hydrogens (tertiary/aromatic N) is 2. The molecular weight excluding hydrogens is 278 g/mol. The summed E-state index contributed by atoms with van der Waals surface area (Å²) in [6.45, 7) is 4.43. The molecule has 2 N–H and O–H groups in total. The molecule has 17 heavy (non-hydrogen) atoms. The van der Waals surface area contributed by atoms with Gasteiger partial charge in [0.05, 0.1) is 5.69 Å². The van der Waals surface area contributed by atoms with E-state index in [1.54, 1.807) is 0 Å². The Hall–Kier alpha value is -1.26. The van der Waals surface area contributed by atoms with Crippen LogP contribution in [0.15, 0.2) is 28.7 Å². The SMILES string of the molecule is Cc1nc(-c2ccc(Br)cc2)nc(CN)c1C. The number of benzene rings is 1. The molecule has 0 aliphatic rings. The average Bonchev–Trinajstić information content (AvgIpc) is 2.33. The lowest BCUT2D eigenvalue weighted by atomic mass is 10.1. The van der Waals surface area contributed by atoms with Crippen LogP contribution in [0.3, 0.4) is 0 Å². The molecule has 2 rings (SSSR count). The van der Waals surface area contributed by atoms with E-state index >= 15 is 0 Å². The Labute approximate surface area is 109 Å². The summed E-state index contributed by atoms with van der Waals surface area (Å²) in [6, 6.07) is 7.95. The quantitative estimate of drug-likeness (QED) is 0.925. The first-order chi connectivity index (χ1) is 8.11. The van der Waals surface area contributed by atoms with Crippen LogP contribution in [0.2, 0.25) is 0 Å². The predicted octanol–water partition coefficient (Wildman–Crippen LogP) is 2.98. The molecule has 0 bridgehead atoms. The normalized spacial score (nSPS) is 10.6. The van der Waals surface area contributed by atoms with Crippen molar-refractivity contribution in [3.8, 4) is 11.4 Å². The highest BCUT2D eigenvalue weighted by Gasteiger charge is 2.08. The molecule has 0 saturated carbocycles. The van der Waals surface area contributed by atoms with Crippen molar-refractivity contribution in [2.45, 2.75) is 20.4 Å². The predicted molar refractivity (Wildman–Crippen MR) is 72.5 cm³/mol. The van der Waals surface area contributed by atoms with Crippen molar-refractivity contribution < 1.29 is 0 Å². The van der Waals surface area contributed by atoms with Crippen molar-refractivity contribution in [1.82, 2.24) is 9.97 Å². The first-order valence-corrected chi connectivity index (χ1v) is 6.21. The van der Waals surface area contributed by atoms with Gasteiger partial charge in [0.15, 0.2) is 5.82 Å². The minimum absolute atomic E-state index is 0.443. The monoisotopic (exact) mass is 291 g/mol. The fraction of sp³-hybridized carbons (Fsp3) is 0.231. The molecule has 88 valence electrons. The summed E-state index contributed by atoms with van der Waals surface area (Å²) in [5.41, 5.74) is 9.67. The molecule has 0 saturated heterocycles. The largest absolute Gasteiger partial charge is 0.325 e. The summed E-state index contributed by atoms with van der Waals surface area (Å²) < 4.78 is 1.05. The molecule has 0 atom stereocenters. The zero-order chi connectivity index (χ0) is 12.4. The van der Waals surface area contributed by atoms with Crippen LogP contribution in [0, 0.1) is 13.8 Å². The summed E-state index contributed by atoms with van der Waals surface area (Å²) in [5, 5.41) is 0. The lowest BCUT2D eigenvalue weighted by Gasteiger charge is -2.08. The third-order valence-electron chi connectivity index (χ3n) is 2.79. The van der Waals surface area contributed by atoms with E-state index < -0.39 is 0 Å². The summed E-state index contributed by atoms with van der Waals surface area (Å²) in [4.78, 5) is 9.00. The molecule has 3 nitrogen and oxygen atoms in total. The van der Waals surface area contributed by atoms with Gasteiger partial charge < -0.3 is 5.73 Å². The summed E-state index contributed by atoms with van der Waals surface area (Å²) in [5.74, 6) is 0.737. The maximum absolute atomic E-state index is 5.69. The van der Waals surface area contributed by atoms with Crippen molar-refractivity contribution in [1.29, 1.82) is 0 Å². The van der Waals surface area contributed by atoms with Crippen LogP contribution in [0.1, 0.15) is 17.0 Å². The highest BCUT2D eigenvalue weighted by molar-refractivity contribution is 9.10. The number of aryl methyl sites for hydroxylation is 1. The van der Waals surface area contributed by atoms with Gasteiger partial charge in [0.1, 0.15) is 0 Å². The van der Waals surface area contributed by atoms with Gasteiger partial charge in [-0.1, -0.05) is 28.1 Å². The first kappa shape index (κ1) is 12.2. The number of hydrogen-bond donors (Lipinski definition) is 1. The van der Waals surface area contributed by atoms with Gasteiger partial charge in [-0.25, -0.2) is 9.97 Å². The molecule has 1 aromatic carbocycles. The Bertz CT molecular complexity index is 535. The molecule has 0 radical (unpaired) electrons. The van der Waals surface area contributed by atoms with Gasteiger partial charge in [0.25, 0.3) is 0 Å². The standard InChI is InChI=1S/C13H14BrN3/c1-8-9(2)16-13(17-12(8)7-15)10-3-5-11(14)6-4-10/h3-6H,7,15H2,1-2H3. The van der Waals surface area contributed by atoms with Gasteiger partial charge in [-0.2, -0.15) is 0 Å². The van der Waals surface area contributed by atoms with E-state index in [0.29, 0.717) is 6.54 Å². The highest BCUT2D eigenvalue weighted by Crippen LogP contribution is 2.20. The molecular formula is C13H14BrN3. The molecule has 1 aromatic heterocycles. The molecule has 0 amide bonds. The molecule has 0 aliphatic heterocycles. The van der Waals surface area contributed by atoms with Crippen molar-refractivity contribution in [2.24, 2.45) is 5.73 Å². The Morgan fingerprint density at radius 1 is 1.12 bits per heavy atom. The Balaban J connectivity index is 2.52. The van der Waals surface area contributed by atoms with Crippen LogP contribution < -0.4 is 5.73 Å². The van der Waals surface area contributed by atoms with Gasteiger partial charge in [-0.15, -0.1) is 0 Å². The van der Waals surface area contributed by atoms with Crippen molar-refractivity contribution in [3.63, 3.8) is 0 Å². The second kappa shape index (κ2) is 4.94. The average molecular weight is 292 g/mol. The molecule has 0 spiro atoms. The van der Waals surface area contributed by atoms with Gasteiger partial charge in [-0.05, 0) is 31.5 Å². The third-order valence-corrected chi connectivity index (χ3v) is 3.31. The van der Waals surface area contributed by atoms with E-state index in [-0.39, 0.29) is 0 Å². The first-order valence-electron chi connectivity index (χ1n) is 5.42. The number of nitrogens with two attached hydrogens (primary N) is 1. The van der Waals surface area contributed by atoms with E-state index in [4.69, 9.17) is 5.73 Å². The van der Waals surface area contributed by atoms with Crippen LogP contribution in [0.4, 0.5) is 0 Å². The lowest BCUT2D eigenvalue weighted by molar-refractivity contribution is 0.926. The van der Waals surface area contributed by atoms with Gasteiger partial charge >= 0.3 is 0 Å². The third kappa shape index (κ3) is 2.53. The topological polar surface area (TPSA) is 51.8 Å². The minimum atomic E-state index is 0.443. The Kier molecular flexibility index (Phi) is 3.54. The van der Waals surface area contributed by atoms with Crippen LogP contribution in [-0.2, 0) is 6.54 Å². The van der Waals surface area contributed by atoms with E-state index in [9.17, 15) is 0 Å². The summed E-state index contributed by atoms with van der Waals surface area (Å²) >= 11 is 3.41. The maximum Gasteiger partial charge on any atom is 0.159 e. The fourth-order valence-corrected chi connectivity index (χ4v) is 1.88. The number of hydrogen-bond acceptors (Lipinski definition) is 3. The van der Waals surface area contributed by atoms with Crippen LogP contribution >= 0.6 is 15.9 Å². The summed E-state index contributed by atoms with van der Waals surface area (Å²) in [7, 11) is 0. The molecule has 0 unspecified atom stereocenters. The van der Waals surface area contributed by atoms with Crippen LogP contribution in [-0.4, -0.2) is 9.97 Å². The molecule has 2 aromatic rings. The number of rotatable bonds is 2.